The largest absolute Gasteiger partial charge is 0.381 e. The van der Waals surface area contributed by atoms with Crippen molar-refractivity contribution in [2.24, 2.45) is 0 Å². The summed E-state index contributed by atoms with van der Waals surface area (Å²) >= 11 is 1.98. The predicted octanol–water partition coefficient (Wildman–Crippen LogP) is 3.02. The Morgan fingerprint density at radius 1 is 1.43 bits per heavy atom. The molecule has 2 heterocycles. The van der Waals surface area contributed by atoms with Gasteiger partial charge in [0.15, 0.2) is 0 Å². The van der Waals surface area contributed by atoms with Crippen LogP contribution in [0, 0.1) is 13.0 Å². The van der Waals surface area contributed by atoms with E-state index in [2.05, 4.69) is 30.1 Å². The minimum atomic E-state index is 0. The Balaban J connectivity index is 0.000000750. The number of rotatable bonds is 0. The number of aromatic nitrogens is 1. The number of thioether (sulfide) groups is 1. The fourth-order valence-electron chi connectivity index (χ4n) is 1.90. The van der Waals surface area contributed by atoms with Gasteiger partial charge in [-0.1, -0.05) is 18.0 Å². The van der Waals surface area contributed by atoms with Gasteiger partial charge in [-0.2, -0.15) is 29.5 Å². The predicted molar refractivity (Wildman–Crippen MR) is 56.9 cm³/mol. The topological polar surface area (TPSA) is 15.8 Å². The smallest absolute Gasteiger partial charge is 0.0331 e. The zero-order valence-corrected chi connectivity index (χ0v) is 11.7. The van der Waals surface area contributed by atoms with Crippen molar-refractivity contribution in [1.82, 2.24) is 4.98 Å². The zero-order chi connectivity index (χ0) is 8.84. The molecule has 2 aromatic rings. The van der Waals surface area contributed by atoms with Gasteiger partial charge in [0, 0.05) is 49.9 Å². The Labute approximate surface area is 113 Å². The molecule has 0 bridgehead atoms. The molecule has 14 heavy (non-hydrogen) atoms. The second-order valence-corrected chi connectivity index (χ2v) is 4.50. The minimum absolute atomic E-state index is 0. The fourth-order valence-corrected chi connectivity index (χ4v) is 2.98. The van der Waals surface area contributed by atoms with Crippen molar-refractivity contribution < 1.29 is 32.7 Å². The third-order valence-electron chi connectivity index (χ3n) is 2.56. The molecule has 1 aliphatic heterocycles. The summed E-state index contributed by atoms with van der Waals surface area (Å²) in [5.41, 5.74) is 5.40. The number of H-pyrrole nitrogens is 1. The molecule has 0 saturated carbocycles. The maximum Gasteiger partial charge on any atom is 0.0331 e. The van der Waals surface area contributed by atoms with Crippen LogP contribution in [-0.2, 0) is 44.2 Å². The summed E-state index contributed by atoms with van der Waals surface area (Å²) in [7, 11) is 0. The summed E-state index contributed by atoms with van der Waals surface area (Å²) in [6.45, 7) is 2.08. The van der Waals surface area contributed by atoms with E-state index in [0.29, 0.717) is 0 Å². The first-order valence-electron chi connectivity index (χ1n) is 4.44. The molecule has 0 unspecified atom stereocenters. The molecule has 0 spiro atoms. The molecule has 1 aromatic heterocycles. The molecule has 69 valence electrons. The van der Waals surface area contributed by atoms with Crippen LogP contribution in [-0.4, -0.2) is 4.98 Å². The Kier molecular flexibility index (Phi) is 3.06. The summed E-state index contributed by atoms with van der Waals surface area (Å²) in [6, 6.07) is 7.56. The molecule has 1 N–H and O–H groups in total. The molecule has 0 amide bonds. The molecule has 0 atom stereocenters. The summed E-state index contributed by atoms with van der Waals surface area (Å²) in [4.78, 5) is 3.48. The van der Waals surface area contributed by atoms with Crippen molar-refractivity contribution in [3.63, 3.8) is 0 Å². The molecule has 1 nitrogen and oxygen atoms in total. The molecule has 0 saturated heterocycles. The van der Waals surface area contributed by atoms with Gasteiger partial charge in [0.2, 0.25) is 0 Å². The van der Waals surface area contributed by atoms with Gasteiger partial charge in [-0.3, -0.25) is 0 Å². The Morgan fingerprint density at radius 2 is 2.29 bits per heavy atom. The number of aromatic amines is 1. The van der Waals surface area contributed by atoms with Gasteiger partial charge in [0.05, 0.1) is 0 Å². The Bertz CT molecular complexity index is 475. The molecule has 3 rings (SSSR count). The van der Waals surface area contributed by atoms with Gasteiger partial charge >= 0.3 is 0 Å². The molecular formula is C11H10NSY-. The molecule has 3 heteroatoms. The summed E-state index contributed by atoms with van der Waals surface area (Å²) in [5.74, 6) is 2.30. The van der Waals surface area contributed by atoms with Crippen LogP contribution in [0.2, 0.25) is 0 Å². The van der Waals surface area contributed by atoms with Crippen molar-refractivity contribution >= 4 is 22.7 Å². The van der Waals surface area contributed by atoms with E-state index in [-0.39, 0.29) is 32.7 Å². The van der Waals surface area contributed by atoms with Crippen LogP contribution >= 0.6 is 11.8 Å². The standard InChI is InChI=1S/C11H10NS.Y/c1-7-2-3-8-9-5-13-6-11(9)12-10(8)4-7;/h3-4,12H,5-6H2,1H3;/q-1;. The van der Waals surface area contributed by atoms with Crippen LogP contribution in [0.5, 0.6) is 0 Å². The first-order valence-corrected chi connectivity index (χ1v) is 5.59. The quantitative estimate of drug-likeness (QED) is 0.732. The van der Waals surface area contributed by atoms with E-state index in [1.165, 1.54) is 27.7 Å². The van der Waals surface area contributed by atoms with Crippen LogP contribution < -0.4 is 0 Å². The second kappa shape index (κ2) is 3.99. The maximum atomic E-state index is 3.48. The molecule has 1 radical (unpaired) electrons. The number of fused-ring (bicyclic) bond motifs is 3. The average Bonchev–Trinajstić information content (AvgIpc) is 2.62. The van der Waals surface area contributed by atoms with Crippen molar-refractivity contribution in [1.29, 1.82) is 0 Å². The zero-order valence-electron chi connectivity index (χ0n) is 8.05. The van der Waals surface area contributed by atoms with E-state index in [0.717, 1.165) is 11.5 Å². The van der Waals surface area contributed by atoms with Crippen LogP contribution in [0.3, 0.4) is 0 Å². The van der Waals surface area contributed by atoms with E-state index in [1.54, 1.807) is 0 Å². The summed E-state index contributed by atoms with van der Waals surface area (Å²) in [6.07, 6.45) is 0. The molecule has 0 aliphatic carbocycles. The van der Waals surface area contributed by atoms with Crippen LogP contribution in [0.25, 0.3) is 10.9 Å². The van der Waals surface area contributed by atoms with Crippen LogP contribution in [0.15, 0.2) is 12.1 Å². The first-order chi connectivity index (χ1) is 6.34. The van der Waals surface area contributed by atoms with E-state index in [1.807, 2.05) is 11.8 Å². The number of nitrogens with one attached hydrogen (secondary N) is 1. The van der Waals surface area contributed by atoms with Gasteiger partial charge in [-0.25, -0.2) is 0 Å². The third-order valence-corrected chi connectivity index (χ3v) is 3.55. The summed E-state index contributed by atoms with van der Waals surface area (Å²) in [5, 5.41) is 1.37. The van der Waals surface area contributed by atoms with Crippen LogP contribution in [0.4, 0.5) is 0 Å². The number of benzene rings is 1. The van der Waals surface area contributed by atoms with Crippen molar-refractivity contribution in [2.45, 2.75) is 18.4 Å². The number of hydrogen-bond donors (Lipinski definition) is 1. The molecular weight excluding hydrogens is 267 g/mol. The summed E-state index contributed by atoms with van der Waals surface area (Å²) < 4.78 is 0. The van der Waals surface area contributed by atoms with E-state index >= 15 is 0 Å². The average molecular weight is 277 g/mol. The molecule has 1 aromatic carbocycles. The maximum absolute atomic E-state index is 3.48. The van der Waals surface area contributed by atoms with Gasteiger partial charge < -0.3 is 4.98 Å². The number of aryl methyl sites for hydroxylation is 1. The Morgan fingerprint density at radius 3 is 3.14 bits per heavy atom. The Hall–Kier alpha value is 0.214. The second-order valence-electron chi connectivity index (χ2n) is 3.52. The monoisotopic (exact) mass is 277 g/mol. The molecule has 1 aliphatic rings. The number of hydrogen-bond acceptors (Lipinski definition) is 1. The van der Waals surface area contributed by atoms with E-state index < -0.39 is 0 Å². The van der Waals surface area contributed by atoms with E-state index in [9.17, 15) is 0 Å². The first kappa shape index (κ1) is 10.7. The van der Waals surface area contributed by atoms with Gasteiger partial charge in [0.25, 0.3) is 0 Å². The van der Waals surface area contributed by atoms with Crippen molar-refractivity contribution in [2.75, 3.05) is 0 Å². The van der Waals surface area contributed by atoms with Crippen molar-refractivity contribution in [3.05, 3.63) is 35.0 Å². The fraction of sp³-hybridized carbons (Fsp3) is 0.273. The van der Waals surface area contributed by atoms with Crippen molar-refractivity contribution in [3.8, 4) is 0 Å². The molecule has 0 fully saturated rings. The normalized spacial score (nSPS) is 14.1. The third kappa shape index (κ3) is 1.58. The van der Waals surface area contributed by atoms with Gasteiger partial charge in [-0.05, 0) is 0 Å². The van der Waals surface area contributed by atoms with Gasteiger partial charge in [-0.15, -0.1) is 11.5 Å². The van der Waals surface area contributed by atoms with Crippen LogP contribution in [0.1, 0.15) is 16.8 Å². The minimum Gasteiger partial charge on any atom is -0.381 e. The SMILES string of the molecule is Cc1[c-]cc2c3c([nH]c2c1)CSC3.[Y]. The van der Waals surface area contributed by atoms with E-state index in [4.69, 9.17) is 0 Å². The van der Waals surface area contributed by atoms with Gasteiger partial charge in [0.1, 0.15) is 0 Å².